The molecule has 1 heterocycles. The first kappa shape index (κ1) is 15.7. The Morgan fingerprint density at radius 1 is 0.643 bits per heavy atom. The Kier molecular flexibility index (Phi) is 3.22. The topological polar surface area (TPSA) is 38.9 Å². The molecule has 0 N–H and O–H groups in total. The molecule has 0 bridgehead atoms. The number of hydrogen-bond acceptors (Lipinski definition) is 2. The Bertz CT molecular complexity index is 1590. The molecular formula is C23H9N5. The van der Waals surface area contributed by atoms with Gasteiger partial charge >= 0.3 is 0 Å². The van der Waals surface area contributed by atoms with Gasteiger partial charge in [0.15, 0.2) is 11.4 Å². The van der Waals surface area contributed by atoms with Crippen LogP contribution < -0.4 is 0 Å². The van der Waals surface area contributed by atoms with Gasteiger partial charge in [0.1, 0.15) is 0 Å². The smallest absolute Gasteiger partial charge is 0.201 e. The normalized spacial score (nSPS) is 10.8. The number of aromatic nitrogens is 2. The maximum absolute atomic E-state index is 7.73. The molecule has 1 aromatic heterocycles. The van der Waals surface area contributed by atoms with Crippen molar-refractivity contribution in [2.75, 3.05) is 0 Å². The lowest BCUT2D eigenvalue weighted by Gasteiger charge is -2.14. The Morgan fingerprint density at radius 2 is 1.39 bits per heavy atom. The molecule has 5 heteroatoms. The van der Waals surface area contributed by atoms with Gasteiger partial charge in [0.2, 0.25) is 5.69 Å². The first-order valence-electron chi connectivity index (χ1n) is 8.45. The Morgan fingerprint density at radius 3 is 2.14 bits per heavy atom. The van der Waals surface area contributed by atoms with E-state index in [0.717, 1.165) is 27.1 Å². The largest absolute Gasteiger partial charge is 0.262 e. The summed E-state index contributed by atoms with van der Waals surface area (Å²) in [5.74, 6) is 0. The predicted octanol–water partition coefficient (Wildman–Crippen LogP) is 6.74. The molecule has 4 aromatic carbocycles. The van der Waals surface area contributed by atoms with Crippen molar-refractivity contribution < 1.29 is 0 Å². The third kappa shape index (κ3) is 1.92. The van der Waals surface area contributed by atoms with Crippen molar-refractivity contribution in [1.29, 1.82) is 0 Å². The molecule has 0 fully saturated rings. The Hall–Kier alpha value is -4.53. The van der Waals surface area contributed by atoms with Gasteiger partial charge in [0, 0.05) is 17.8 Å². The first-order valence-corrected chi connectivity index (χ1v) is 8.45. The standard InChI is InChI=1S/C23H9N5/c1-24-17-12-16-19(22(26-3)21(17)25-2)15-9-8-13-6-4-5-7-14(13)18(15)23-20(16)27-10-11-28-23/h4-12H. The molecule has 0 saturated heterocycles. The molecule has 0 amide bonds. The number of hydrogen-bond donors (Lipinski definition) is 0. The Labute approximate surface area is 159 Å². The summed E-state index contributed by atoms with van der Waals surface area (Å²) < 4.78 is 0. The molecule has 0 aliphatic heterocycles. The third-order valence-electron chi connectivity index (χ3n) is 4.99. The van der Waals surface area contributed by atoms with Gasteiger partial charge in [-0.3, -0.25) is 24.5 Å². The summed E-state index contributed by atoms with van der Waals surface area (Å²) in [6, 6.07) is 13.6. The SMILES string of the molecule is [C-]#[N+]c1cc2c3nccnc3c3c4ccccc4ccc3c2c([N+]#[C-])c1[N+]#[C-]. The summed E-state index contributed by atoms with van der Waals surface area (Å²) in [7, 11) is 0. The fourth-order valence-electron chi connectivity index (χ4n) is 3.86. The molecule has 0 atom stereocenters. The zero-order chi connectivity index (χ0) is 19.3. The van der Waals surface area contributed by atoms with E-state index in [1.54, 1.807) is 18.5 Å². The number of fused-ring (bicyclic) bond motifs is 8. The molecule has 0 aliphatic carbocycles. The van der Waals surface area contributed by atoms with Crippen molar-refractivity contribution in [3.8, 4) is 0 Å². The minimum absolute atomic E-state index is 0.0928. The van der Waals surface area contributed by atoms with Crippen molar-refractivity contribution in [2.24, 2.45) is 0 Å². The highest BCUT2D eigenvalue weighted by atomic mass is 14.8. The van der Waals surface area contributed by atoms with E-state index >= 15 is 0 Å². The average molecular weight is 355 g/mol. The van der Waals surface area contributed by atoms with Crippen LogP contribution in [0.3, 0.4) is 0 Å². The molecule has 0 aliphatic rings. The van der Waals surface area contributed by atoms with Crippen LogP contribution in [0.25, 0.3) is 57.9 Å². The van der Waals surface area contributed by atoms with Crippen molar-refractivity contribution in [1.82, 2.24) is 9.97 Å². The second kappa shape index (κ2) is 5.74. The van der Waals surface area contributed by atoms with Crippen LogP contribution in [0.15, 0.2) is 54.9 Å². The fourth-order valence-corrected chi connectivity index (χ4v) is 3.86. The maximum Gasteiger partial charge on any atom is 0.201 e. The van der Waals surface area contributed by atoms with E-state index in [2.05, 4.69) is 24.5 Å². The maximum atomic E-state index is 7.73. The summed E-state index contributed by atoms with van der Waals surface area (Å²) in [6.07, 6.45) is 3.25. The van der Waals surface area contributed by atoms with Crippen LogP contribution in [0.2, 0.25) is 0 Å². The van der Waals surface area contributed by atoms with Gasteiger partial charge in [-0.1, -0.05) is 42.5 Å². The van der Waals surface area contributed by atoms with Gasteiger partial charge < -0.3 is 0 Å². The van der Waals surface area contributed by atoms with E-state index < -0.39 is 0 Å². The van der Waals surface area contributed by atoms with Crippen molar-refractivity contribution >= 4 is 60.4 Å². The van der Waals surface area contributed by atoms with E-state index in [9.17, 15) is 0 Å². The second-order valence-electron chi connectivity index (χ2n) is 6.31. The van der Waals surface area contributed by atoms with Gasteiger partial charge in [-0.05, 0) is 26.9 Å². The van der Waals surface area contributed by atoms with Gasteiger partial charge in [-0.15, -0.1) is 0 Å². The second-order valence-corrected chi connectivity index (χ2v) is 6.31. The number of benzene rings is 4. The third-order valence-corrected chi connectivity index (χ3v) is 4.99. The van der Waals surface area contributed by atoms with Crippen molar-refractivity contribution in [3.63, 3.8) is 0 Å². The van der Waals surface area contributed by atoms with E-state index in [0.29, 0.717) is 16.3 Å². The molecule has 0 radical (unpaired) electrons. The number of rotatable bonds is 0. The van der Waals surface area contributed by atoms with Crippen LogP contribution in [0.4, 0.5) is 17.1 Å². The van der Waals surface area contributed by atoms with Gasteiger partial charge in [-0.2, -0.15) is 0 Å². The van der Waals surface area contributed by atoms with Crippen LogP contribution in [-0.2, 0) is 0 Å². The zero-order valence-corrected chi connectivity index (χ0v) is 14.4. The Balaban J connectivity index is 2.24. The first-order chi connectivity index (χ1) is 13.8. The van der Waals surface area contributed by atoms with Crippen LogP contribution in [0, 0.1) is 19.7 Å². The molecule has 0 saturated carbocycles. The quantitative estimate of drug-likeness (QED) is 0.228. The lowest BCUT2D eigenvalue weighted by molar-refractivity contribution is 1.31. The highest BCUT2D eigenvalue weighted by Crippen LogP contribution is 2.49. The molecule has 0 spiro atoms. The van der Waals surface area contributed by atoms with Crippen LogP contribution >= 0.6 is 0 Å². The summed E-state index contributed by atoms with van der Waals surface area (Å²) in [5, 5.41) is 5.16. The van der Waals surface area contributed by atoms with Crippen LogP contribution in [0.1, 0.15) is 0 Å². The van der Waals surface area contributed by atoms with E-state index in [1.165, 1.54) is 0 Å². The predicted molar refractivity (Wildman–Crippen MR) is 111 cm³/mol. The van der Waals surface area contributed by atoms with E-state index in [-0.39, 0.29) is 17.1 Å². The summed E-state index contributed by atoms with van der Waals surface area (Å²) in [4.78, 5) is 19.8. The van der Waals surface area contributed by atoms with Crippen LogP contribution in [-0.4, -0.2) is 9.97 Å². The molecule has 5 aromatic rings. The highest BCUT2D eigenvalue weighted by Gasteiger charge is 2.20. The van der Waals surface area contributed by atoms with Crippen molar-refractivity contribution in [2.45, 2.75) is 0 Å². The molecule has 5 nitrogen and oxygen atoms in total. The monoisotopic (exact) mass is 355 g/mol. The van der Waals surface area contributed by atoms with Crippen LogP contribution in [0.5, 0.6) is 0 Å². The van der Waals surface area contributed by atoms with Gasteiger partial charge in [-0.25, -0.2) is 0 Å². The zero-order valence-electron chi connectivity index (χ0n) is 14.4. The van der Waals surface area contributed by atoms with E-state index in [1.807, 2.05) is 36.4 Å². The molecule has 0 unspecified atom stereocenters. The fraction of sp³-hybridized carbons (Fsp3) is 0. The molecule has 5 rings (SSSR count). The van der Waals surface area contributed by atoms with Gasteiger partial charge in [0.05, 0.1) is 30.7 Å². The minimum Gasteiger partial charge on any atom is -0.262 e. The molecular weight excluding hydrogens is 346 g/mol. The molecule has 28 heavy (non-hydrogen) atoms. The molecule has 126 valence electrons. The highest BCUT2D eigenvalue weighted by molar-refractivity contribution is 6.33. The number of nitrogens with zero attached hydrogens (tertiary/aromatic N) is 5. The lowest BCUT2D eigenvalue weighted by Crippen LogP contribution is -1.90. The van der Waals surface area contributed by atoms with Gasteiger partial charge in [0.25, 0.3) is 0 Å². The minimum atomic E-state index is 0.0928. The summed E-state index contributed by atoms with van der Waals surface area (Å²) in [5.41, 5.74) is 1.82. The lowest BCUT2D eigenvalue weighted by atomic mass is 9.93. The van der Waals surface area contributed by atoms with Crippen molar-refractivity contribution in [3.05, 3.63) is 89.1 Å². The average Bonchev–Trinajstić information content (AvgIpc) is 2.77. The summed E-state index contributed by atoms with van der Waals surface area (Å²) >= 11 is 0. The van der Waals surface area contributed by atoms with E-state index in [4.69, 9.17) is 19.7 Å². The summed E-state index contributed by atoms with van der Waals surface area (Å²) in [6.45, 7) is 22.7.